The lowest BCUT2D eigenvalue weighted by atomic mass is 10.1. The standard InChI is InChI=1S/C19H21NO2/c1-2-3-13-19(21)20-14-6-7-15-22-18-12-8-10-16-9-4-5-11-17(16)18/h4-5,8-12H,2-3,13-15H2,1H3,(H,20,21). The molecule has 0 saturated carbocycles. The first-order chi connectivity index (χ1) is 10.8. The summed E-state index contributed by atoms with van der Waals surface area (Å²) < 4.78 is 5.70. The molecular formula is C19H21NO2. The molecule has 0 saturated heterocycles. The van der Waals surface area contributed by atoms with Gasteiger partial charge >= 0.3 is 0 Å². The molecule has 0 heterocycles. The fourth-order valence-corrected chi connectivity index (χ4v) is 2.12. The van der Waals surface area contributed by atoms with Crippen molar-refractivity contribution in [2.45, 2.75) is 26.2 Å². The highest BCUT2D eigenvalue weighted by molar-refractivity contribution is 5.88. The molecule has 0 aliphatic rings. The molecule has 2 aromatic rings. The zero-order valence-corrected chi connectivity index (χ0v) is 12.9. The second kappa shape index (κ2) is 8.74. The summed E-state index contributed by atoms with van der Waals surface area (Å²) in [6, 6.07) is 14.1. The number of amides is 1. The molecule has 114 valence electrons. The highest BCUT2D eigenvalue weighted by Crippen LogP contribution is 2.24. The van der Waals surface area contributed by atoms with Crippen LogP contribution in [-0.4, -0.2) is 19.1 Å². The molecule has 0 unspecified atom stereocenters. The maximum Gasteiger partial charge on any atom is 0.220 e. The average molecular weight is 295 g/mol. The SMILES string of the molecule is CCCCC(=O)NCC#CCOc1cccc2ccccc12. The Labute approximate surface area is 131 Å². The van der Waals surface area contributed by atoms with Gasteiger partial charge in [0, 0.05) is 11.8 Å². The third kappa shape index (κ3) is 4.82. The van der Waals surface area contributed by atoms with Gasteiger partial charge in [0.2, 0.25) is 5.91 Å². The van der Waals surface area contributed by atoms with Crippen LogP contribution in [0.3, 0.4) is 0 Å². The first kappa shape index (κ1) is 15.9. The fourth-order valence-electron chi connectivity index (χ4n) is 2.12. The van der Waals surface area contributed by atoms with Crippen molar-refractivity contribution in [3.05, 3.63) is 42.5 Å². The van der Waals surface area contributed by atoms with Crippen molar-refractivity contribution in [3.8, 4) is 17.6 Å². The van der Waals surface area contributed by atoms with E-state index in [4.69, 9.17) is 4.74 Å². The second-order valence-electron chi connectivity index (χ2n) is 5.00. The van der Waals surface area contributed by atoms with Gasteiger partial charge < -0.3 is 10.1 Å². The molecule has 2 rings (SSSR count). The number of rotatable bonds is 6. The molecular weight excluding hydrogens is 274 g/mol. The number of hydrogen-bond acceptors (Lipinski definition) is 2. The summed E-state index contributed by atoms with van der Waals surface area (Å²) in [7, 11) is 0. The molecule has 3 nitrogen and oxygen atoms in total. The van der Waals surface area contributed by atoms with Crippen LogP contribution in [-0.2, 0) is 4.79 Å². The number of carbonyl (C=O) groups excluding carboxylic acids is 1. The predicted octanol–water partition coefficient (Wildman–Crippen LogP) is 3.53. The van der Waals surface area contributed by atoms with Crippen molar-refractivity contribution >= 4 is 16.7 Å². The van der Waals surface area contributed by atoms with E-state index in [2.05, 4.69) is 36.2 Å². The minimum Gasteiger partial charge on any atom is -0.480 e. The number of hydrogen-bond donors (Lipinski definition) is 1. The van der Waals surface area contributed by atoms with E-state index < -0.39 is 0 Å². The molecule has 0 fully saturated rings. The van der Waals surface area contributed by atoms with Gasteiger partial charge in [-0.25, -0.2) is 0 Å². The van der Waals surface area contributed by atoms with Crippen LogP contribution in [0.2, 0.25) is 0 Å². The molecule has 0 radical (unpaired) electrons. The van der Waals surface area contributed by atoms with E-state index in [1.54, 1.807) is 0 Å². The minimum absolute atomic E-state index is 0.0612. The van der Waals surface area contributed by atoms with Gasteiger partial charge in [-0.3, -0.25) is 4.79 Å². The number of benzene rings is 2. The Morgan fingerprint density at radius 3 is 2.82 bits per heavy atom. The van der Waals surface area contributed by atoms with Gasteiger partial charge in [0.1, 0.15) is 12.4 Å². The number of carbonyl (C=O) groups is 1. The first-order valence-corrected chi connectivity index (χ1v) is 7.64. The van der Waals surface area contributed by atoms with Gasteiger partial charge in [-0.05, 0) is 17.9 Å². The Balaban J connectivity index is 1.79. The van der Waals surface area contributed by atoms with Crippen molar-refractivity contribution in [3.63, 3.8) is 0 Å². The third-order valence-electron chi connectivity index (χ3n) is 3.31. The summed E-state index contributed by atoms with van der Waals surface area (Å²) in [4.78, 5) is 11.4. The van der Waals surface area contributed by atoms with Crippen molar-refractivity contribution in [2.24, 2.45) is 0 Å². The molecule has 0 aliphatic carbocycles. The van der Waals surface area contributed by atoms with E-state index in [1.807, 2.05) is 30.3 Å². The smallest absolute Gasteiger partial charge is 0.220 e. The number of unbranched alkanes of at least 4 members (excludes halogenated alkanes) is 1. The summed E-state index contributed by atoms with van der Waals surface area (Å²) in [5.74, 6) is 6.72. The van der Waals surface area contributed by atoms with Crippen LogP contribution in [0.1, 0.15) is 26.2 Å². The molecule has 0 atom stereocenters. The monoisotopic (exact) mass is 295 g/mol. The second-order valence-corrected chi connectivity index (χ2v) is 5.00. The minimum atomic E-state index is 0.0612. The predicted molar refractivity (Wildman–Crippen MR) is 89.8 cm³/mol. The van der Waals surface area contributed by atoms with Crippen LogP contribution < -0.4 is 10.1 Å². The first-order valence-electron chi connectivity index (χ1n) is 7.64. The quantitative estimate of drug-likeness (QED) is 0.828. The molecule has 0 bridgehead atoms. The van der Waals surface area contributed by atoms with Crippen LogP contribution in [0.5, 0.6) is 5.75 Å². The molecule has 22 heavy (non-hydrogen) atoms. The molecule has 1 N–H and O–H groups in total. The maximum atomic E-state index is 11.4. The lowest BCUT2D eigenvalue weighted by Gasteiger charge is -2.06. The van der Waals surface area contributed by atoms with Gasteiger partial charge in [0.15, 0.2) is 0 Å². The highest BCUT2D eigenvalue weighted by Gasteiger charge is 1.99. The molecule has 2 aromatic carbocycles. The van der Waals surface area contributed by atoms with E-state index in [0.717, 1.165) is 29.4 Å². The van der Waals surface area contributed by atoms with Crippen LogP contribution in [0.25, 0.3) is 10.8 Å². The Bertz CT molecular complexity index is 677. The Morgan fingerprint density at radius 1 is 1.14 bits per heavy atom. The summed E-state index contributed by atoms with van der Waals surface area (Å²) in [5, 5.41) is 5.01. The Morgan fingerprint density at radius 2 is 1.95 bits per heavy atom. The number of ether oxygens (including phenoxy) is 1. The van der Waals surface area contributed by atoms with Crippen LogP contribution in [0.15, 0.2) is 42.5 Å². The van der Waals surface area contributed by atoms with Gasteiger partial charge in [0.05, 0.1) is 6.54 Å². The van der Waals surface area contributed by atoms with E-state index in [0.29, 0.717) is 19.6 Å². The summed E-state index contributed by atoms with van der Waals surface area (Å²) in [5.41, 5.74) is 0. The highest BCUT2D eigenvalue weighted by atomic mass is 16.5. The van der Waals surface area contributed by atoms with Gasteiger partial charge in [0.25, 0.3) is 0 Å². The summed E-state index contributed by atoms with van der Waals surface area (Å²) in [6.45, 7) is 2.76. The van der Waals surface area contributed by atoms with Crippen molar-refractivity contribution in [1.82, 2.24) is 5.32 Å². The Kier molecular flexibility index (Phi) is 6.32. The van der Waals surface area contributed by atoms with Crippen molar-refractivity contribution in [2.75, 3.05) is 13.2 Å². The lowest BCUT2D eigenvalue weighted by molar-refractivity contribution is -0.120. The molecule has 0 aliphatic heterocycles. The zero-order valence-electron chi connectivity index (χ0n) is 12.9. The number of nitrogens with one attached hydrogen (secondary N) is 1. The lowest BCUT2D eigenvalue weighted by Crippen LogP contribution is -2.23. The van der Waals surface area contributed by atoms with Gasteiger partial charge in [-0.15, -0.1) is 0 Å². The average Bonchev–Trinajstić information content (AvgIpc) is 2.56. The van der Waals surface area contributed by atoms with E-state index in [-0.39, 0.29) is 5.91 Å². The fraction of sp³-hybridized carbons (Fsp3) is 0.316. The van der Waals surface area contributed by atoms with Crippen LogP contribution in [0, 0.1) is 11.8 Å². The molecule has 0 spiro atoms. The summed E-state index contributed by atoms with van der Waals surface area (Å²) in [6.07, 6.45) is 2.52. The molecule has 1 amide bonds. The molecule has 0 aromatic heterocycles. The van der Waals surface area contributed by atoms with Gasteiger partial charge in [-0.2, -0.15) is 0 Å². The van der Waals surface area contributed by atoms with Crippen LogP contribution in [0.4, 0.5) is 0 Å². The molecule has 3 heteroatoms. The topological polar surface area (TPSA) is 38.3 Å². The van der Waals surface area contributed by atoms with Crippen molar-refractivity contribution in [1.29, 1.82) is 0 Å². The van der Waals surface area contributed by atoms with Gasteiger partial charge in [-0.1, -0.05) is 61.6 Å². The van der Waals surface area contributed by atoms with E-state index in [1.165, 1.54) is 0 Å². The Hall–Kier alpha value is -2.47. The summed E-state index contributed by atoms with van der Waals surface area (Å²) >= 11 is 0. The van der Waals surface area contributed by atoms with E-state index >= 15 is 0 Å². The zero-order chi connectivity index (χ0) is 15.6. The maximum absolute atomic E-state index is 11.4. The van der Waals surface area contributed by atoms with Crippen molar-refractivity contribution < 1.29 is 9.53 Å². The third-order valence-corrected chi connectivity index (χ3v) is 3.31. The number of fused-ring (bicyclic) bond motifs is 1. The van der Waals surface area contributed by atoms with Crippen LogP contribution >= 0.6 is 0 Å². The largest absolute Gasteiger partial charge is 0.480 e. The van der Waals surface area contributed by atoms with E-state index in [9.17, 15) is 4.79 Å². The normalized spacial score (nSPS) is 9.86.